The second-order valence-electron chi connectivity index (χ2n) is 6.02. The minimum absolute atomic E-state index is 0.188. The number of amides is 2. The second kappa shape index (κ2) is 6.83. The second-order valence-corrected chi connectivity index (χ2v) is 6.02. The summed E-state index contributed by atoms with van der Waals surface area (Å²) in [5.74, 6) is -0.815. The highest BCUT2D eigenvalue weighted by molar-refractivity contribution is 6.01. The maximum atomic E-state index is 13.0. The van der Waals surface area contributed by atoms with Crippen LogP contribution in [0.5, 0.6) is 0 Å². The molecule has 2 aromatic carbocycles. The summed E-state index contributed by atoms with van der Waals surface area (Å²) in [5, 5.41) is 2.86. The summed E-state index contributed by atoms with van der Waals surface area (Å²) in [6, 6.07) is 12.4. The van der Waals surface area contributed by atoms with Gasteiger partial charge in [0.05, 0.1) is 0 Å². The third kappa shape index (κ3) is 3.45. The maximum Gasteiger partial charge on any atom is 0.254 e. The van der Waals surface area contributed by atoms with Crippen LogP contribution in [-0.4, -0.2) is 29.3 Å². The smallest absolute Gasteiger partial charge is 0.254 e. The highest BCUT2D eigenvalue weighted by Gasteiger charge is 2.34. The van der Waals surface area contributed by atoms with Gasteiger partial charge in [-0.05, 0) is 56.2 Å². The number of hydrogen-bond donors (Lipinski definition) is 1. The van der Waals surface area contributed by atoms with Crippen molar-refractivity contribution in [1.29, 1.82) is 0 Å². The van der Waals surface area contributed by atoms with Gasteiger partial charge in [0.25, 0.3) is 5.91 Å². The molecule has 1 saturated heterocycles. The molecule has 2 amide bonds. The van der Waals surface area contributed by atoms with Gasteiger partial charge in [-0.1, -0.05) is 17.7 Å². The zero-order chi connectivity index (χ0) is 17.1. The van der Waals surface area contributed by atoms with Crippen molar-refractivity contribution in [2.45, 2.75) is 25.8 Å². The minimum atomic E-state index is -0.496. The van der Waals surface area contributed by atoms with Crippen LogP contribution in [0.25, 0.3) is 0 Å². The van der Waals surface area contributed by atoms with Gasteiger partial charge in [-0.25, -0.2) is 4.39 Å². The topological polar surface area (TPSA) is 49.4 Å². The van der Waals surface area contributed by atoms with E-state index in [0.29, 0.717) is 24.2 Å². The SMILES string of the molecule is Cc1ccc(NC(=O)C2CCCN2C(=O)c2ccc(F)cc2)cc1. The Morgan fingerprint density at radius 3 is 2.42 bits per heavy atom. The molecule has 0 aliphatic carbocycles. The fraction of sp³-hybridized carbons (Fsp3) is 0.263. The fourth-order valence-electron chi connectivity index (χ4n) is 2.90. The summed E-state index contributed by atoms with van der Waals surface area (Å²) in [7, 11) is 0. The average molecular weight is 326 g/mol. The third-order valence-electron chi connectivity index (χ3n) is 4.23. The molecule has 0 saturated carbocycles. The van der Waals surface area contributed by atoms with Crippen LogP contribution in [0.4, 0.5) is 10.1 Å². The number of carbonyl (C=O) groups excluding carboxylic acids is 2. The van der Waals surface area contributed by atoms with Crippen LogP contribution < -0.4 is 5.32 Å². The number of aryl methyl sites for hydroxylation is 1. The lowest BCUT2D eigenvalue weighted by atomic mass is 10.1. The molecule has 3 rings (SSSR count). The largest absolute Gasteiger partial charge is 0.327 e. The molecular formula is C19H19FN2O2. The lowest BCUT2D eigenvalue weighted by molar-refractivity contribution is -0.119. The van der Waals surface area contributed by atoms with E-state index < -0.39 is 6.04 Å². The lowest BCUT2D eigenvalue weighted by Crippen LogP contribution is -2.43. The number of rotatable bonds is 3. The zero-order valence-electron chi connectivity index (χ0n) is 13.5. The molecule has 1 heterocycles. The molecule has 0 radical (unpaired) electrons. The van der Waals surface area contributed by atoms with Crippen LogP contribution in [0.15, 0.2) is 48.5 Å². The summed E-state index contributed by atoms with van der Waals surface area (Å²) in [6.07, 6.45) is 1.41. The van der Waals surface area contributed by atoms with Crippen LogP contribution in [0.1, 0.15) is 28.8 Å². The summed E-state index contributed by atoms with van der Waals surface area (Å²) < 4.78 is 13.0. The van der Waals surface area contributed by atoms with E-state index in [4.69, 9.17) is 0 Å². The minimum Gasteiger partial charge on any atom is -0.327 e. The van der Waals surface area contributed by atoms with Gasteiger partial charge in [0.15, 0.2) is 0 Å². The van der Waals surface area contributed by atoms with E-state index in [1.54, 1.807) is 4.90 Å². The number of carbonyl (C=O) groups is 2. The van der Waals surface area contributed by atoms with E-state index in [1.807, 2.05) is 31.2 Å². The van der Waals surface area contributed by atoms with Gasteiger partial charge in [0, 0.05) is 17.8 Å². The molecule has 5 heteroatoms. The average Bonchev–Trinajstić information content (AvgIpc) is 3.07. The predicted molar refractivity (Wildman–Crippen MR) is 90.3 cm³/mol. The number of nitrogens with zero attached hydrogens (tertiary/aromatic N) is 1. The summed E-state index contributed by atoms with van der Waals surface area (Å²) in [4.78, 5) is 26.7. The molecule has 1 aliphatic heterocycles. The molecule has 1 aliphatic rings. The molecule has 0 bridgehead atoms. The Hall–Kier alpha value is -2.69. The summed E-state index contributed by atoms with van der Waals surface area (Å²) in [6.45, 7) is 2.51. The first-order chi connectivity index (χ1) is 11.5. The summed E-state index contributed by atoms with van der Waals surface area (Å²) in [5.41, 5.74) is 2.22. The normalized spacial score (nSPS) is 16.9. The first kappa shape index (κ1) is 16.2. The van der Waals surface area contributed by atoms with Crippen LogP contribution in [0.3, 0.4) is 0 Å². The zero-order valence-corrected chi connectivity index (χ0v) is 13.5. The Labute approximate surface area is 140 Å². The van der Waals surface area contributed by atoms with Crippen molar-refractivity contribution in [3.8, 4) is 0 Å². The Kier molecular flexibility index (Phi) is 4.60. The predicted octanol–water partition coefficient (Wildman–Crippen LogP) is 3.38. The van der Waals surface area contributed by atoms with Crippen molar-refractivity contribution in [3.63, 3.8) is 0 Å². The molecule has 124 valence electrons. The molecule has 0 aromatic heterocycles. The number of anilines is 1. The molecule has 1 fully saturated rings. The van der Waals surface area contributed by atoms with E-state index in [2.05, 4.69) is 5.32 Å². The molecule has 2 aromatic rings. The number of nitrogens with one attached hydrogen (secondary N) is 1. The van der Waals surface area contributed by atoms with Crippen molar-refractivity contribution >= 4 is 17.5 Å². The van der Waals surface area contributed by atoms with E-state index in [1.165, 1.54) is 24.3 Å². The number of likely N-dealkylation sites (tertiary alicyclic amines) is 1. The monoisotopic (exact) mass is 326 g/mol. The Morgan fingerprint density at radius 2 is 1.75 bits per heavy atom. The Morgan fingerprint density at radius 1 is 1.08 bits per heavy atom. The molecule has 0 spiro atoms. The highest BCUT2D eigenvalue weighted by Crippen LogP contribution is 2.22. The molecular weight excluding hydrogens is 307 g/mol. The van der Waals surface area contributed by atoms with E-state index in [-0.39, 0.29) is 17.6 Å². The van der Waals surface area contributed by atoms with Gasteiger partial charge < -0.3 is 10.2 Å². The van der Waals surface area contributed by atoms with Gasteiger partial charge in [0.2, 0.25) is 5.91 Å². The molecule has 1 N–H and O–H groups in total. The third-order valence-corrected chi connectivity index (χ3v) is 4.23. The number of benzene rings is 2. The van der Waals surface area contributed by atoms with Crippen molar-refractivity contribution in [2.75, 3.05) is 11.9 Å². The van der Waals surface area contributed by atoms with Crippen LogP contribution >= 0.6 is 0 Å². The molecule has 4 nitrogen and oxygen atoms in total. The van der Waals surface area contributed by atoms with Gasteiger partial charge in [-0.2, -0.15) is 0 Å². The first-order valence-electron chi connectivity index (χ1n) is 7.98. The molecule has 1 atom stereocenters. The maximum absolute atomic E-state index is 13.0. The van der Waals surface area contributed by atoms with Crippen LogP contribution in [0.2, 0.25) is 0 Å². The highest BCUT2D eigenvalue weighted by atomic mass is 19.1. The van der Waals surface area contributed by atoms with Gasteiger partial charge in [0.1, 0.15) is 11.9 Å². The van der Waals surface area contributed by atoms with E-state index >= 15 is 0 Å². The van der Waals surface area contributed by atoms with Crippen molar-refractivity contribution in [2.24, 2.45) is 0 Å². The van der Waals surface area contributed by atoms with Crippen molar-refractivity contribution < 1.29 is 14.0 Å². The van der Waals surface area contributed by atoms with Crippen LogP contribution in [-0.2, 0) is 4.79 Å². The molecule has 24 heavy (non-hydrogen) atoms. The van der Waals surface area contributed by atoms with Crippen LogP contribution in [0, 0.1) is 12.7 Å². The molecule has 1 unspecified atom stereocenters. The lowest BCUT2D eigenvalue weighted by Gasteiger charge is -2.24. The quantitative estimate of drug-likeness (QED) is 0.940. The van der Waals surface area contributed by atoms with Crippen molar-refractivity contribution in [1.82, 2.24) is 4.90 Å². The van der Waals surface area contributed by atoms with E-state index in [0.717, 1.165) is 12.0 Å². The van der Waals surface area contributed by atoms with Crippen molar-refractivity contribution in [3.05, 3.63) is 65.5 Å². The van der Waals surface area contributed by atoms with Gasteiger partial charge in [-0.3, -0.25) is 9.59 Å². The Bertz CT molecular complexity index is 741. The Balaban J connectivity index is 1.72. The standard InChI is InChI=1S/C19H19FN2O2/c1-13-4-10-16(11-5-13)21-18(23)17-3-2-12-22(17)19(24)14-6-8-15(20)9-7-14/h4-11,17H,2-3,12H2,1H3,(H,21,23). The fourth-order valence-corrected chi connectivity index (χ4v) is 2.90. The first-order valence-corrected chi connectivity index (χ1v) is 7.98. The summed E-state index contributed by atoms with van der Waals surface area (Å²) >= 11 is 0. The van der Waals surface area contributed by atoms with E-state index in [9.17, 15) is 14.0 Å². The van der Waals surface area contributed by atoms with Gasteiger partial charge in [-0.15, -0.1) is 0 Å². The van der Waals surface area contributed by atoms with Gasteiger partial charge >= 0.3 is 0 Å². The number of hydrogen-bond acceptors (Lipinski definition) is 2. The number of halogens is 1.